The number of alkyl halides is 3. The number of benzene rings is 2. The molecular weight excluding hydrogens is 527 g/mol. The van der Waals surface area contributed by atoms with E-state index in [0.717, 1.165) is 30.3 Å². The number of hydrogen-bond donors (Lipinski definition) is 0. The molecule has 0 aliphatic carbocycles. The Kier molecular flexibility index (Phi) is 22.7. The Morgan fingerprint density at radius 1 is 0.905 bits per heavy atom. The third-order valence-corrected chi connectivity index (χ3v) is 6.25. The molecule has 0 N–H and O–H groups in total. The largest absolute Gasteiger partial charge is 0.416 e. The van der Waals surface area contributed by atoms with Gasteiger partial charge in [-0.2, -0.15) is 13.2 Å². The molecule has 0 aliphatic rings. The van der Waals surface area contributed by atoms with Crippen LogP contribution in [0.5, 0.6) is 0 Å². The van der Waals surface area contributed by atoms with Crippen molar-refractivity contribution in [3.63, 3.8) is 0 Å². The molecule has 42 heavy (non-hydrogen) atoms. The fraction of sp³-hybridized carbons (Fsp3) is 0.421. The van der Waals surface area contributed by atoms with E-state index < -0.39 is 11.7 Å². The second kappa shape index (κ2) is 23.3. The Hall–Kier alpha value is -3.27. The Bertz CT molecular complexity index is 1080. The molecule has 0 amide bonds. The quantitative estimate of drug-likeness (QED) is 0.188. The van der Waals surface area contributed by atoms with Crippen molar-refractivity contribution in [2.75, 3.05) is 18.0 Å². The third kappa shape index (κ3) is 16.2. The van der Waals surface area contributed by atoms with Crippen LogP contribution < -0.4 is 4.90 Å². The van der Waals surface area contributed by atoms with Crippen LogP contribution in [0.1, 0.15) is 97.8 Å². The summed E-state index contributed by atoms with van der Waals surface area (Å²) in [4.78, 5) is 2.47. The van der Waals surface area contributed by atoms with E-state index in [-0.39, 0.29) is 12.0 Å². The van der Waals surface area contributed by atoms with Crippen LogP contribution in [0.15, 0.2) is 109 Å². The topological polar surface area (TPSA) is 3.24 Å². The average Bonchev–Trinajstić information content (AvgIpc) is 2.96. The summed E-state index contributed by atoms with van der Waals surface area (Å²) in [5, 5.41) is 0. The minimum atomic E-state index is -4.30. The standard InChI is InChI=1S/C17H27N.C16H17F3.C3H6.C2H6/c1-6-12-18(13-7-2)17-10-8-16(9-11-17)15(5)14(3)4;1-4-13(12(2)3)9-7-10-14-8-5-6-11-15(14)16(17,18)19;1-3-2;1-2/h8-11,15H,3,6-7,12-13H2,1-2,4-5H3;4-9,11H,2,10H2,1,3H3;3H,1H2,2H3;1-2H3/b;9-7-,13-4-;;. The van der Waals surface area contributed by atoms with Crippen molar-refractivity contribution >= 4 is 5.69 Å². The third-order valence-electron chi connectivity index (χ3n) is 6.25. The van der Waals surface area contributed by atoms with E-state index in [1.807, 2.05) is 40.7 Å². The summed E-state index contributed by atoms with van der Waals surface area (Å²) in [6.07, 6.45) is 5.51. The molecule has 4 heteroatoms. The normalized spacial score (nSPS) is 11.6. The van der Waals surface area contributed by atoms with Gasteiger partial charge in [0.1, 0.15) is 0 Å². The highest BCUT2D eigenvalue weighted by molar-refractivity contribution is 5.48. The molecule has 0 heterocycles. The second-order valence-electron chi connectivity index (χ2n) is 9.84. The fourth-order valence-electron chi connectivity index (χ4n) is 3.94. The summed E-state index contributed by atoms with van der Waals surface area (Å²) < 4.78 is 38.3. The summed E-state index contributed by atoms with van der Waals surface area (Å²) in [7, 11) is 0. The van der Waals surface area contributed by atoms with Gasteiger partial charge in [-0.25, -0.2) is 0 Å². The smallest absolute Gasteiger partial charge is 0.372 e. The van der Waals surface area contributed by atoms with Gasteiger partial charge in [0.15, 0.2) is 0 Å². The van der Waals surface area contributed by atoms with Crippen LogP contribution in [0, 0.1) is 0 Å². The van der Waals surface area contributed by atoms with Gasteiger partial charge in [0.05, 0.1) is 5.56 Å². The van der Waals surface area contributed by atoms with Crippen molar-refractivity contribution in [2.24, 2.45) is 0 Å². The first-order chi connectivity index (χ1) is 19.9. The molecule has 0 radical (unpaired) electrons. The van der Waals surface area contributed by atoms with Crippen molar-refractivity contribution < 1.29 is 13.2 Å². The second-order valence-corrected chi connectivity index (χ2v) is 9.84. The zero-order chi connectivity index (χ0) is 32.7. The van der Waals surface area contributed by atoms with E-state index in [9.17, 15) is 13.2 Å². The van der Waals surface area contributed by atoms with E-state index in [4.69, 9.17) is 0 Å². The highest BCUT2D eigenvalue weighted by Gasteiger charge is 2.32. The van der Waals surface area contributed by atoms with Gasteiger partial charge in [-0.1, -0.05) is 114 Å². The highest BCUT2D eigenvalue weighted by Crippen LogP contribution is 2.32. The van der Waals surface area contributed by atoms with Gasteiger partial charge in [-0.3, -0.25) is 0 Å². The molecule has 0 spiro atoms. The van der Waals surface area contributed by atoms with Crippen molar-refractivity contribution in [1.29, 1.82) is 0 Å². The molecule has 0 aromatic heterocycles. The Labute approximate surface area is 256 Å². The lowest BCUT2D eigenvalue weighted by molar-refractivity contribution is -0.138. The summed E-state index contributed by atoms with van der Waals surface area (Å²) in [6, 6.07) is 14.6. The lowest BCUT2D eigenvalue weighted by atomic mass is 9.95. The predicted octanol–water partition coefficient (Wildman–Crippen LogP) is 12.5. The van der Waals surface area contributed by atoms with E-state index in [2.05, 4.69) is 76.6 Å². The first-order valence-corrected chi connectivity index (χ1v) is 15.1. The molecule has 1 nitrogen and oxygen atoms in total. The number of nitrogens with zero attached hydrogens (tertiary/aromatic N) is 1. The predicted molar refractivity (Wildman–Crippen MR) is 183 cm³/mol. The van der Waals surface area contributed by atoms with E-state index in [1.165, 1.54) is 41.8 Å². The maximum Gasteiger partial charge on any atom is 0.416 e. The van der Waals surface area contributed by atoms with Crippen LogP contribution in [-0.2, 0) is 12.6 Å². The molecule has 1 unspecified atom stereocenters. The first-order valence-electron chi connectivity index (χ1n) is 15.1. The number of anilines is 1. The first kappa shape index (κ1) is 40.9. The molecular formula is C38H56F3N. The number of halogens is 3. The van der Waals surface area contributed by atoms with E-state index >= 15 is 0 Å². The number of allylic oxidation sites excluding steroid dienone is 7. The lowest BCUT2D eigenvalue weighted by Crippen LogP contribution is -2.24. The van der Waals surface area contributed by atoms with Crippen LogP contribution in [0.3, 0.4) is 0 Å². The Morgan fingerprint density at radius 3 is 1.81 bits per heavy atom. The van der Waals surface area contributed by atoms with Gasteiger partial charge >= 0.3 is 6.18 Å². The fourth-order valence-corrected chi connectivity index (χ4v) is 3.94. The van der Waals surface area contributed by atoms with Gasteiger partial charge in [0, 0.05) is 24.7 Å². The molecule has 2 aromatic carbocycles. The SMILES string of the molecule is C=C(C)C(/C=C\Cc1ccccc1C(F)(F)F)=C\C.C=C(C)C(C)c1ccc(N(CCC)CCC)cc1.C=CC.CC. The van der Waals surface area contributed by atoms with Crippen LogP contribution in [0.4, 0.5) is 18.9 Å². The monoisotopic (exact) mass is 583 g/mol. The van der Waals surface area contributed by atoms with Crippen molar-refractivity contribution in [3.8, 4) is 0 Å². The molecule has 0 bridgehead atoms. The zero-order valence-electron chi connectivity index (χ0n) is 27.7. The van der Waals surface area contributed by atoms with Crippen LogP contribution in [-0.4, -0.2) is 13.1 Å². The molecule has 2 rings (SSSR count). The van der Waals surface area contributed by atoms with Crippen molar-refractivity contribution in [3.05, 3.63) is 126 Å². The van der Waals surface area contributed by atoms with Gasteiger partial charge in [0.2, 0.25) is 0 Å². The molecule has 2 aromatic rings. The summed E-state index contributed by atoms with van der Waals surface area (Å²) >= 11 is 0. The lowest BCUT2D eigenvalue weighted by Gasteiger charge is -2.24. The number of rotatable bonds is 11. The molecule has 0 fully saturated rings. The molecule has 0 saturated heterocycles. The number of hydrogen-bond acceptors (Lipinski definition) is 1. The van der Waals surface area contributed by atoms with Gasteiger partial charge in [-0.05, 0) is 81.9 Å². The Morgan fingerprint density at radius 2 is 1.40 bits per heavy atom. The summed E-state index contributed by atoms with van der Waals surface area (Å²) in [5.41, 5.74) is 5.46. The highest BCUT2D eigenvalue weighted by atomic mass is 19.4. The molecule has 234 valence electrons. The van der Waals surface area contributed by atoms with Crippen LogP contribution >= 0.6 is 0 Å². The summed E-state index contributed by atoms with van der Waals surface area (Å²) in [5.74, 6) is 0.449. The van der Waals surface area contributed by atoms with Crippen molar-refractivity contribution in [1.82, 2.24) is 0 Å². The van der Waals surface area contributed by atoms with Gasteiger partial charge in [-0.15, -0.1) is 6.58 Å². The Balaban J connectivity index is 0. The molecule has 0 aliphatic heterocycles. The summed E-state index contributed by atoms with van der Waals surface area (Å²) in [6.45, 7) is 31.9. The maximum atomic E-state index is 12.8. The van der Waals surface area contributed by atoms with Gasteiger partial charge in [0.25, 0.3) is 0 Å². The van der Waals surface area contributed by atoms with E-state index in [0.29, 0.717) is 5.92 Å². The van der Waals surface area contributed by atoms with Gasteiger partial charge < -0.3 is 4.90 Å². The minimum Gasteiger partial charge on any atom is -0.372 e. The maximum absolute atomic E-state index is 12.8. The zero-order valence-corrected chi connectivity index (χ0v) is 27.7. The average molecular weight is 584 g/mol. The minimum absolute atomic E-state index is 0.250. The van der Waals surface area contributed by atoms with E-state index in [1.54, 1.807) is 24.3 Å². The van der Waals surface area contributed by atoms with Crippen LogP contribution in [0.25, 0.3) is 0 Å². The molecule has 0 saturated carbocycles. The van der Waals surface area contributed by atoms with Crippen LogP contribution in [0.2, 0.25) is 0 Å². The molecule has 1 atom stereocenters. The van der Waals surface area contributed by atoms with Crippen molar-refractivity contribution in [2.45, 2.75) is 93.7 Å².